The van der Waals surface area contributed by atoms with E-state index in [1.807, 2.05) is 0 Å². The topological polar surface area (TPSA) is 66.5 Å². The second-order valence-corrected chi connectivity index (χ2v) is 9.53. The minimum absolute atomic E-state index is 0.0716. The minimum atomic E-state index is -4.14. The molecule has 0 spiro atoms. The number of amides is 1. The number of nitrogens with zero attached hydrogens (tertiary/aromatic N) is 1. The molecule has 9 heteroatoms. The molecule has 3 rings (SSSR count). The summed E-state index contributed by atoms with van der Waals surface area (Å²) in [4.78, 5) is 12.6. The van der Waals surface area contributed by atoms with Crippen LogP contribution < -0.4 is 5.32 Å². The predicted octanol–water partition coefficient (Wildman–Crippen LogP) is 4.69. The zero-order chi connectivity index (χ0) is 23.3. The van der Waals surface area contributed by atoms with Gasteiger partial charge in [0.25, 0.3) is 0 Å². The highest BCUT2D eigenvalue weighted by atomic mass is 35.5. The Hall–Kier alpha value is -2.81. The van der Waals surface area contributed by atoms with Gasteiger partial charge < -0.3 is 5.32 Å². The van der Waals surface area contributed by atoms with Crippen LogP contribution in [0.3, 0.4) is 0 Å². The van der Waals surface area contributed by atoms with Crippen LogP contribution in [0, 0.1) is 11.6 Å². The third-order valence-electron chi connectivity index (χ3n) is 4.82. The lowest BCUT2D eigenvalue weighted by Crippen LogP contribution is -2.41. The summed E-state index contributed by atoms with van der Waals surface area (Å²) in [7, 11) is -4.14. The van der Waals surface area contributed by atoms with Crippen LogP contribution in [-0.2, 0) is 21.4 Å². The van der Waals surface area contributed by atoms with E-state index >= 15 is 0 Å². The summed E-state index contributed by atoms with van der Waals surface area (Å²) in [5.74, 6) is -1.57. The summed E-state index contributed by atoms with van der Waals surface area (Å²) in [6, 6.07) is 16.4. The van der Waals surface area contributed by atoms with Gasteiger partial charge in [0.05, 0.1) is 17.5 Å². The second-order valence-electron chi connectivity index (χ2n) is 7.16. The van der Waals surface area contributed by atoms with E-state index in [4.69, 9.17) is 11.6 Å². The van der Waals surface area contributed by atoms with Crippen molar-refractivity contribution in [3.63, 3.8) is 0 Å². The first-order chi connectivity index (χ1) is 15.2. The highest BCUT2D eigenvalue weighted by molar-refractivity contribution is 7.89. The molecule has 0 aromatic heterocycles. The molecule has 0 bridgehead atoms. The van der Waals surface area contributed by atoms with Crippen molar-refractivity contribution in [2.75, 3.05) is 6.54 Å². The Kier molecular flexibility index (Phi) is 7.60. The van der Waals surface area contributed by atoms with E-state index in [1.165, 1.54) is 66.7 Å². The van der Waals surface area contributed by atoms with Crippen LogP contribution in [0.25, 0.3) is 0 Å². The minimum Gasteiger partial charge on any atom is -0.348 e. The van der Waals surface area contributed by atoms with Gasteiger partial charge in [-0.15, -0.1) is 0 Å². The molecule has 0 aliphatic rings. The average Bonchev–Trinajstić information content (AvgIpc) is 2.75. The number of halogens is 3. The van der Waals surface area contributed by atoms with E-state index in [2.05, 4.69) is 5.32 Å². The van der Waals surface area contributed by atoms with E-state index in [9.17, 15) is 22.0 Å². The molecule has 5 nitrogen and oxygen atoms in total. The number of sulfonamides is 1. The molecule has 0 saturated heterocycles. The summed E-state index contributed by atoms with van der Waals surface area (Å²) >= 11 is 5.86. The summed E-state index contributed by atoms with van der Waals surface area (Å²) < 4.78 is 54.7. The third kappa shape index (κ3) is 5.91. The van der Waals surface area contributed by atoms with Gasteiger partial charge >= 0.3 is 0 Å². The quantitative estimate of drug-likeness (QED) is 0.511. The first-order valence-corrected chi connectivity index (χ1v) is 11.5. The summed E-state index contributed by atoms with van der Waals surface area (Å²) in [6.07, 6.45) is 0. The molecule has 168 valence electrons. The Morgan fingerprint density at radius 3 is 2.25 bits per heavy atom. The molecule has 32 heavy (non-hydrogen) atoms. The highest BCUT2D eigenvalue weighted by Crippen LogP contribution is 2.22. The fourth-order valence-electron chi connectivity index (χ4n) is 3.08. The Balaban J connectivity index is 1.84. The molecule has 0 heterocycles. The molecular weight excluding hydrogens is 458 g/mol. The van der Waals surface area contributed by atoms with E-state index < -0.39 is 40.2 Å². The number of carbonyl (C=O) groups is 1. The largest absolute Gasteiger partial charge is 0.348 e. The van der Waals surface area contributed by atoms with Crippen molar-refractivity contribution in [3.8, 4) is 0 Å². The highest BCUT2D eigenvalue weighted by Gasteiger charge is 2.28. The van der Waals surface area contributed by atoms with Crippen LogP contribution in [0.4, 0.5) is 8.78 Å². The molecule has 3 aromatic carbocycles. The van der Waals surface area contributed by atoms with Crippen molar-refractivity contribution in [1.82, 2.24) is 9.62 Å². The summed E-state index contributed by atoms with van der Waals surface area (Å²) in [5.41, 5.74) is 0.783. The molecule has 1 amide bonds. The van der Waals surface area contributed by atoms with Crippen LogP contribution in [-0.4, -0.2) is 25.2 Å². The van der Waals surface area contributed by atoms with Crippen LogP contribution in [0.15, 0.2) is 77.7 Å². The molecule has 0 saturated carbocycles. The maximum Gasteiger partial charge on any atom is 0.243 e. The van der Waals surface area contributed by atoms with Crippen molar-refractivity contribution in [1.29, 1.82) is 0 Å². The molecule has 0 radical (unpaired) electrons. The fourth-order valence-corrected chi connectivity index (χ4v) is 4.58. The molecule has 0 aliphatic carbocycles. The van der Waals surface area contributed by atoms with Crippen LogP contribution in [0.1, 0.15) is 24.1 Å². The molecule has 1 N–H and O–H groups in total. The number of benzene rings is 3. The van der Waals surface area contributed by atoms with Crippen molar-refractivity contribution >= 4 is 27.5 Å². The Morgan fingerprint density at radius 2 is 1.62 bits per heavy atom. The molecular formula is C23H21ClF2N2O3S. The maximum atomic E-state index is 14.2. The van der Waals surface area contributed by atoms with Gasteiger partial charge in [0, 0.05) is 17.1 Å². The Bertz CT molecular complexity index is 1190. The van der Waals surface area contributed by atoms with Crippen LogP contribution in [0.5, 0.6) is 0 Å². The lowest BCUT2D eigenvalue weighted by atomic mass is 10.1. The lowest BCUT2D eigenvalue weighted by molar-refractivity contribution is -0.122. The van der Waals surface area contributed by atoms with Gasteiger partial charge in [0.2, 0.25) is 15.9 Å². The van der Waals surface area contributed by atoms with Gasteiger partial charge in [-0.3, -0.25) is 4.79 Å². The van der Waals surface area contributed by atoms with Crippen molar-refractivity contribution < 1.29 is 22.0 Å². The van der Waals surface area contributed by atoms with E-state index in [0.29, 0.717) is 10.6 Å². The molecule has 3 aromatic rings. The van der Waals surface area contributed by atoms with Gasteiger partial charge in [0.1, 0.15) is 11.6 Å². The number of rotatable bonds is 8. The third-order valence-corrected chi connectivity index (χ3v) is 6.88. The first-order valence-electron chi connectivity index (χ1n) is 9.71. The van der Waals surface area contributed by atoms with Gasteiger partial charge in [-0.1, -0.05) is 41.9 Å². The van der Waals surface area contributed by atoms with Crippen molar-refractivity contribution in [2.45, 2.75) is 24.4 Å². The van der Waals surface area contributed by atoms with Gasteiger partial charge in [-0.25, -0.2) is 17.2 Å². The maximum absolute atomic E-state index is 14.2. The predicted molar refractivity (Wildman–Crippen MR) is 118 cm³/mol. The van der Waals surface area contributed by atoms with E-state index in [-0.39, 0.29) is 17.0 Å². The first kappa shape index (κ1) is 23.8. The average molecular weight is 479 g/mol. The van der Waals surface area contributed by atoms with Crippen LogP contribution in [0.2, 0.25) is 5.02 Å². The number of hydrogen-bond acceptors (Lipinski definition) is 3. The Morgan fingerprint density at radius 1 is 1.00 bits per heavy atom. The zero-order valence-electron chi connectivity index (χ0n) is 17.1. The number of hydrogen-bond donors (Lipinski definition) is 1. The monoisotopic (exact) mass is 478 g/mol. The zero-order valence-corrected chi connectivity index (χ0v) is 18.7. The van der Waals surface area contributed by atoms with Crippen molar-refractivity contribution in [2.24, 2.45) is 0 Å². The van der Waals surface area contributed by atoms with Gasteiger partial charge in [-0.05, 0) is 55.0 Å². The number of carbonyl (C=O) groups excluding carboxylic acids is 1. The second kappa shape index (κ2) is 10.2. The van der Waals surface area contributed by atoms with Crippen LogP contribution >= 0.6 is 11.6 Å². The Labute approximate surface area is 190 Å². The summed E-state index contributed by atoms with van der Waals surface area (Å²) in [6.45, 7) is 0.820. The SMILES string of the molecule is CC(NC(=O)CN(Cc1ccccc1F)S(=O)(=O)c1ccc(Cl)cc1)c1ccc(F)cc1. The normalized spacial score (nSPS) is 12.5. The molecule has 1 unspecified atom stereocenters. The standard InChI is InChI=1S/C23H21ClF2N2O3S/c1-16(17-6-10-20(25)11-7-17)27-23(29)15-28(14-18-4-2-3-5-22(18)26)32(30,31)21-12-8-19(24)9-13-21/h2-13,16H,14-15H2,1H3,(H,27,29). The fraction of sp³-hybridized carbons (Fsp3) is 0.174. The molecule has 0 aliphatic heterocycles. The molecule has 1 atom stereocenters. The van der Waals surface area contributed by atoms with Crippen molar-refractivity contribution in [3.05, 3.63) is 101 Å². The summed E-state index contributed by atoms with van der Waals surface area (Å²) in [5, 5.41) is 3.05. The lowest BCUT2D eigenvalue weighted by Gasteiger charge is -2.23. The van der Waals surface area contributed by atoms with E-state index in [0.717, 1.165) is 4.31 Å². The number of nitrogens with one attached hydrogen (secondary N) is 1. The van der Waals surface area contributed by atoms with Gasteiger partial charge in [-0.2, -0.15) is 4.31 Å². The van der Waals surface area contributed by atoms with E-state index in [1.54, 1.807) is 13.0 Å². The van der Waals surface area contributed by atoms with Gasteiger partial charge in [0.15, 0.2) is 0 Å². The molecule has 0 fully saturated rings. The smallest absolute Gasteiger partial charge is 0.243 e.